The molecule has 0 radical (unpaired) electrons. The first kappa shape index (κ1) is 23.0. The third-order valence-electron chi connectivity index (χ3n) is 6.72. The summed E-state index contributed by atoms with van der Waals surface area (Å²) in [5.74, 6) is -1.20. The van der Waals surface area contributed by atoms with Gasteiger partial charge in [0, 0.05) is 30.3 Å². The molecule has 1 aliphatic heterocycles. The predicted molar refractivity (Wildman–Crippen MR) is 122 cm³/mol. The van der Waals surface area contributed by atoms with E-state index in [4.69, 9.17) is 14.2 Å². The molecule has 0 N–H and O–H groups in total. The molecule has 1 saturated carbocycles. The fourth-order valence-electron chi connectivity index (χ4n) is 5.15. The summed E-state index contributed by atoms with van der Waals surface area (Å²) in [6.45, 7) is 0. The number of methoxy groups -OCH3 is 3. The first-order valence-corrected chi connectivity index (χ1v) is 12.2. The standard InChI is InChI=1S/C25H26O7S/c1-30-20-8-4-16(5-9-20)22-12-19(26)13-23(17-6-10-21(31-2)11-7-17)25(22)14-18(24(27)32-3)15-33(25,28)29/h4-11,14,22-23H,12-13,15H2,1-3H3/t22-,23-/m1/s1. The summed E-state index contributed by atoms with van der Waals surface area (Å²) in [5, 5.41) is 0. The number of esters is 1. The van der Waals surface area contributed by atoms with Gasteiger partial charge in [0.05, 0.1) is 27.1 Å². The van der Waals surface area contributed by atoms with Crippen LogP contribution in [0.1, 0.15) is 35.8 Å². The number of Topliss-reactive ketones (excluding diaryl/α,β-unsaturated/α-hetero) is 1. The Morgan fingerprint density at radius 3 is 1.70 bits per heavy atom. The quantitative estimate of drug-likeness (QED) is 0.619. The van der Waals surface area contributed by atoms with E-state index >= 15 is 0 Å². The zero-order valence-electron chi connectivity index (χ0n) is 18.7. The first-order valence-electron chi connectivity index (χ1n) is 10.6. The third kappa shape index (κ3) is 3.82. The molecule has 0 saturated heterocycles. The van der Waals surface area contributed by atoms with Crippen molar-refractivity contribution in [1.82, 2.24) is 0 Å². The van der Waals surface area contributed by atoms with Gasteiger partial charge in [-0.1, -0.05) is 30.3 Å². The fourth-order valence-corrected chi connectivity index (χ4v) is 7.64. The van der Waals surface area contributed by atoms with Crippen LogP contribution in [0.25, 0.3) is 0 Å². The van der Waals surface area contributed by atoms with Gasteiger partial charge in [-0.2, -0.15) is 0 Å². The minimum absolute atomic E-state index is 0.0302. The summed E-state index contributed by atoms with van der Waals surface area (Å²) in [6, 6.07) is 14.1. The van der Waals surface area contributed by atoms with E-state index in [1.165, 1.54) is 7.11 Å². The van der Waals surface area contributed by atoms with Crippen LogP contribution in [0.5, 0.6) is 11.5 Å². The van der Waals surface area contributed by atoms with Gasteiger partial charge >= 0.3 is 5.97 Å². The summed E-state index contributed by atoms with van der Waals surface area (Å²) < 4.78 is 41.6. The van der Waals surface area contributed by atoms with E-state index in [-0.39, 0.29) is 24.2 Å². The Morgan fingerprint density at radius 2 is 1.30 bits per heavy atom. The van der Waals surface area contributed by atoms with Crippen molar-refractivity contribution in [1.29, 1.82) is 0 Å². The molecule has 1 aliphatic carbocycles. The third-order valence-corrected chi connectivity index (χ3v) is 9.18. The van der Waals surface area contributed by atoms with Crippen LogP contribution in [0.4, 0.5) is 0 Å². The Hall–Kier alpha value is -3.13. The lowest BCUT2D eigenvalue weighted by Crippen LogP contribution is -2.50. The molecular formula is C25H26O7S. The first-order chi connectivity index (χ1) is 15.8. The van der Waals surface area contributed by atoms with E-state index in [9.17, 15) is 18.0 Å². The second kappa shape index (κ2) is 8.67. The SMILES string of the molecule is COC(=O)C1=CC2([C@@H](c3ccc(OC)cc3)CC(=O)C[C@@H]2c2ccc(OC)cc2)S(=O)(=O)C1. The maximum absolute atomic E-state index is 13.9. The summed E-state index contributed by atoms with van der Waals surface area (Å²) >= 11 is 0. The van der Waals surface area contributed by atoms with Crippen molar-refractivity contribution in [2.45, 2.75) is 29.4 Å². The predicted octanol–water partition coefficient (Wildman–Crippen LogP) is 3.20. The summed E-state index contributed by atoms with van der Waals surface area (Å²) in [7, 11) is 0.455. The molecule has 7 nitrogen and oxygen atoms in total. The smallest absolute Gasteiger partial charge is 0.334 e. The lowest BCUT2D eigenvalue weighted by Gasteiger charge is -2.45. The Kier molecular flexibility index (Phi) is 6.05. The molecule has 4 rings (SSSR count). The van der Waals surface area contributed by atoms with Crippen LogP contribution in [-0.4, -0.2) is 52.0 Å². The number of carbonyl (C=O) groups is 2. The number of carbonyl (C=O) groups excluding carboxylic acids is 2. The zero-order valence-corrected chi connectivity index (χ0v) is 19.6. The molecule has 2 atom stereocenters. The van der Waals surface area contributed by atoms with E-state index in [0.717, 1.165) is 0 Å². The van der Waals surface area contributed by atoms with Crippen LogP contribution in [0.2, 0.25) is 0 Å². The largest absolute Gasteiger partial charge is 0.497 e. The van der Waals surface area contributed by atoms with Gasteiger partial charge in [-0.25, -0.2) is 13.2 Å². The Balaban J connectivity index is 1.95. The normalized spacial score (nSPS) is 23.1. The van der Waals surface area contributed by atoms with E-state index in [1.54, 1.807) is 68.8 Å². The molecule has 2 aromatic carbocycles. The Bertz CT molecular complexity index is 1130. The van der Waals surface area contributed by atoms with Crippen molar-refractivity contribution in [3.05, 3.63) is 71.3 Å². The molecule has 1 spiro atoms. The van der Waals surface area contributed by atoms with Gasteiger partial charge in [-0.3, -0.25) is 4.79 Å². The Labute approximate surface area is 193 Å². The van der Waals surface area contributed by atoms with E-state index in [1.807, 2.05) is 0 Å². The molecule has 0 aromatic heterocycles. The Morgan fingerprint density at radius 1 is 0.848 bits per heavy atom. The molecule has 0 unspecified atom stereocenters. The maximum Gasteiger partial charge on any atom is 0.334 e. The van der Waals surface area contributed by atoms with Crippen LogP contribution in [0.3, 0.4) is 0 Å². The van der Waals surface area contributed by atoms with Crippen molar-refractivity contribution in [2.75, 3.05) is 27.1 Å². The van der Waals surface area contributed by atoms with Crippen molar-refractivity contribution < 1.29 is 32.2 Å². The van der Waals surface area contributed by atoms with Gasteiger partial charge in [0.25, 0.3) is 0 Å². The van der Waals surface area contributed by atoms with Gasteiger partial charge < -0.3 is 14.2 Å². The molecule has 1 fully saturated rings. The van der Waals surface area contributed by atoms with Crippen LogP contribution >= 0.6 is 0 Å². The molecular weight excluding hydrogens is 444 g/mol. The molecule has 0 bridgehead atoms. The highest BCUT2D eigenvalue weighted by molar-refractivity contribution is 7.93. The minimum atomic E-state index is -3.87. The molecule has 2 aromatic rings. The van der Waals surface area contributed by atoms with Gasteiger partial charge in [-0.05, 0) is 35.4 Å². The highest BCUT2D eigenvalue weighted by Gasteiger charge is 2.61. The van der Waals surface area contributed by atoms with Gasteiger partial charge in [-0.15, -0.1) is 0 Å². The number of rotatable bonds is 5. The fraction of sp³-hybridized carbons (Fsp3) is 0.360. The lowest BCUT2D eigenvalue weighted by atomic mass is 9.65. The van der Waals surface area contributed by atoms with Crippen LogP contribution in [0, 0.1) is 0 Å². The van der Waals surface area contributed by atoms with E-state index in [0.29, 0.717) is 22.6 Å². The number of hydrogen-bond acceptors (Lipinski definition) is 7. The van der Waals surface area contributed by atoms with E-state index in [2.05, 4.69) is 0 Å². The molecule has 1 heterocycles. The lowest BCUT2D eigenvalue weighted by molar-refractivity contribution is -0.136. The van der Waals surface area contributed by atoms with E-state index < -0.39 is 38.1 Å². The molecule has 33 heavy (non-hydrogen) atoms. The van der Waals surface area contributed by atoms with Gasteiger partial charge in [0.2, 0.25) is 0 Å². The monoisotopic (exact) mass is 470 g/mol. The summed E-state index contributed by atoms with van der Waals surface area (Å²) in [4.78, 5) is 25.3. The van der Waals surface area contributed by atoms with Crippen LogP contribution < -0.4 is 9.47 Å². The van der Waals surface area contributed by atoms with Crippen LogP contribution in [0.15, 0.2) is 60.2 Å². The number of ether oxygens (including phenoxy) is 3. The van der Waals surface area contributed by atoms with Gasteiger partial charge in [0.15, 0.2) is 9.84 Å². The number of sulfone groups is 1. The molecule has 174 valence electrons. The minimum Gasteiger partial charge on any atom is -0.497 e. The molecule has 2 aliphatic rings. The van der Waals surface area contributed by atoms with Crippen molar-refractivity contribution in [2.24, 2.45) is 0 Å². The number of hydrogen-bond donors (Lipinski definition) is 0. The van der Waals surface area contributed by atoms with Crippen LogP contribution in [-0.2, 0) is 24.2 Å². The summed E-state index contributed by atoms with van der Waals surface area (Å²) in [6.07, 6.45) is 1.66. The van der Waals surface area contributed by atoms with Crippen molar-refractivity contribution in [3.63, 3.8) is 0 Å². The van der Waals surface area contributed by atoms with Crippen molar-refractivity contribution >= 4 is 21.6 Å². The average molecular weight is 471 g/mol. The number of ketones is 1. The molecule has 0 amide bonds. The highest BCUT2D eigenvalue weighted by atomic mass is 32.2. The second-order valence-electron chi connectivity index (χ2n) is 8.37. The summed E-state index contributed by atoms with van der Waals surface area (Å²) in [5.41, 5.74) is 1.51. The second-order valence-corrected chi connectivity index (χ2v) is 10.6. The average Bonchev–Trinajstić information content (AvgIpc) is 3.11. The van der Waals surface area contributed by atoms with Gasteiger partial charge in [0.1, 0.15) is 22.0 Å². The highest BCUT2D eigenvalue weighted by Crippen LogP contribution is 2.56. The number of benzene rings is 2. The zero-order chi connectivity index (χ0) is 23.8. The maximum atomic E-state index is 13.9. The topological polar surface area (TPSA) is 96.0 Å². The van der Waals surface area contributed by atoms with Crippen molar-refractivity contribution in [3.8, 4) is 11.5 Å². The molecule has 8 heteroatoms.